The maximum atomic E-state index is 14.6. The number of halogens is 4. The van der Waals surface area contributed by atoms with Crippen LogP contribution in [0.5, 0.6) is 0 Å². The maximum absolute atomic E-state index is 14.6. The van der Waals surface area contributed by atoms with Crippen LogP contribution < -0.4 is 26.0 Å². The third-order valence-corrected chi connectivity index (χ3v) is 4.34. The van der Waals surface area contributed by atoms with Crippen molar-refractivity contribution in [1.82, 2.24) is 16.2 Å². The first-order valence-electron chi connectivity index (χ1n) is 8.60. The van der Waals surface area contributed by atoms with Crippen molar-refractivity contribution in [1.29, 1.82) is 0 Å². The second-order valence-corrected chi connectivity index (χ2v) is 6.26. The highest BCUT2D eigenvalue weighted by atomic mass is 19.3. The van der Waals surface area contributed by atoms with E-state index >= 15 is 0 Å². The summed E-state index contributed by atoms with van der Waals surface area (Å²) in [6.07, 6.45) is -4.98. The van der Waals surface area contributed by atoms with Crippen LogP contribution in [0.4, 0.5) is 33.7 Å². The van der Waals surface area contributed by atoms with Crippen molar-refractivity contribution in [3.8, 4) is 0 Å². The van der Waals surface area contributed by atoms with Crippen molar-refractivity contribution in [3.63, 3.8) is 0 Å². The van der Waals surface area contributed by atoms with Crippen LogP contribution in [0.3, 0.4) is 0 Å². The molecule has 1 atom stereocenters. The van der Waals surface area contributed by atoms with Crippen LogP contribution >= 0.6 is 0 Å². The number of hydrogen-bond acceptors (Lipinski definition) is 6. The zero-order valence-corrected chi connectivity index (χ0v) is 14.7. The van der Waals surface area contributed by atoms with Gasteiger partial charge in [-0.2, -0.15) is 8.78 Å². The molecule has 3 N–H and O–H groups in total. The van der Waals surface area contributed by atoms with E-state index in [1.807, 2.05) is 5.32 Å². The van der Waals surface area contributed by atoms with Gasteiger partial charge in [-0.15, -0.1) is 0 Å². The molecule has 0 unspecified atom stereocenters. The zero-order valence-electron chi connectivity index (χ0n) is 14.7. The van der Waals surface area contributed by atoms with Crippen LogP contribution in [0.25, 0.3) is 0 Å². The van der Waals surface area contributed by atoms with Crippen molar-refractivity contribution in [2.45, 2.75) is 12.5 Å². The Morgan fingerprint density at radius 3 is 2.39 bits per heavy atom. The summed E-state index contributed by atoms with van der Waals surface area (Å²) in [6.45, 7) is 1.28. The molecular formula is C16H19F4N5O3. The number of nitrogens with zero attached hydrogens (tertiary/aromatic N) is 2. The van der Waals surface area contributed by atoms with E-state index in [2.05, 4.69) is 10.9 Å². The summed E-state index contributed by atoms with van der Waals surface area (Å²) in [6, 6.07) is 2.04. The predicted molar refractivity (Wildman–Crippen MR) is 91.2 cm³/mol. The lowest BCUT2D eigenvalue weighted by molar-refractivity contribution is -0.132. The molecule has 2 aliphatic rings. The van der Waals surface area contributed by atoms with Gasteiger partial charge < -0.3 is 15.0 Å². The Morgan fingerprint density at radius 2 is 1.82 bits per heavy atom. The Bertz CT molecular complexity index is 720. The number of amides is 2. The molecule has 2 saturated heterocycles. The summed E-state index contributed by atoms with van der Waals surface area (Å²) in [5, 5.41) is 1.94. The summed E-state index contributed by atoms with van der Waals surface area (Å²) in [4.78, 5) is 25.4. The van der Waals surface area contributed by atoms with Gasteiger partial charge in [0.15, 0.2) is 11.6 Å². The molecule has 28 heavy (non-hydrogen) atoms. The van der Waals surface area contributed by atoms with E-state index in [1.54, 1.807) is 4.90 Å². The summed E-state index contributed by atoms with van der Waals surface area (Å²) >= 11 is 0. The first kappa shape index (κ1) is 20.1. The standard InChI is InChI=1S/C16H19F4N5O3/c17-11-5-9(6-12(18)13(11)24-3-1-22-23-2-4-24)25-8-10(28-16(25)27)7-21-15(26)14(19)20/h5-6,10,14,22-23H,1-4,7-8H2,(H,21,26)/t10-/m0/s1. The van der Waals surface area contributed by atoms with E-state index < -0.39 is 36.2 Å². The molecule has 1 aromatic rings. The van der Waals surface area contributed by atoms with Gasteiger partial charge in [0.2, 0.25) is 0 Å². The van der Waals surface area contributed by atoms with Crippen LogP contribution in [0.2, 0.25) is 0 Å². The molecule has 8 nitrogen and oxygen atoms in total. The summed E-state index contributed by atoms with van der Waals surface area (Å²) in [7, 11) is 0. The molecule has 1 aromatic carbocycles. The molecule has 2 fully saturated rings. The molecule has 154 valence electrons. The first-order valence-corrected chi connectivity index (χ1v) is 8.60. The number of benzene rings is 1. The van der Waals surface area contributed by atoms with Gasteiger partial charge in [-0.1, -0.05) is 0 Å². The number of hydrazine groups is 1. The zero-order chi connectivity index (χ0) is 20.3. The molecule has 0 bridgehead atoms. The van der Waals surface area contributed by atoms with Crippen molar-refractivity contribution in [3.05, 3.63) is 23.8 Å². The highest BCUT2D eigenvalue weighted by Gasteiger charge is 2.34. The highest BCUT2D eigenvalue weighted by Crippen LogP contribution is 2.31. The summed E-state index contributed by atoms with van der Waals surface area (Å²) < 4.78 is 58.6. The van der Waals surface area contributed by atoms with Crippen LogP contribution in [0, 0.1) is 11.6 Å². The Morgan fingerprint density at radius 1 is 1.21 bits per heavy atom. The topological polar surface area (TPSA) is 85.9 Å². The van der Waals surface area contributed by atoms with E-state index in [1.165, 1.54) is 0 Å². The van der Waals surface area contributed by atoms with E-state index in [9.17, 15) is 27.2 Å². The van der Waals surface area contributed by atoms with Gasteiger partial charge in [-0.25, -0.2) is 13.6 Å². The average Bonchev–Trinajstić information content (AvgIpc) is 2.83. The normalized spacial score (nSPS) is 20.3. The third-order valence-electron chi connectivity index (χ3n) is 4.34. The molecule has 12 heteroatoms. The third kappa shape index (κ3) is 4.44. The maximum Gasteiger partial charge on any atom is 0.414 e. The van der Waals surface area contributed by atoms with E-state index in [4.69, 9.17) is 4.74 Å². The second kappa shape index (κ2) is 8.61. The quantitative estimate of drug-likeness (QED) is 0.622. The van der Waals surface area contributed by atoms with Gasteiger partial charge in [-0.05, 0) is 0 Å². The van der Waals surface area contributed by atoms with Crippen molar-refractivity contribution in [2.75, 3.05) is 49.1 Å². The molecule has 0 saturated carbocycles. The lowest BCUT2D eigenvalue weighted by Gasteiger charge is -2.24. The molecule has 0 aliphatic carbocycles. The molecular weight excluding hydrogens is 386 g/mol. The number of carbonyl (C=O) groups is 2. The van der Waals surface area contributed by atoms with E-state index in [0.717, 1.165) is 17.0 Å². The van der Waals surface area contributed by atoms with Crippen LogP contribution in [-0.4, -0.2) is 63.8 Å². The molecule has 0 radical (unpaired) electrons. The minimum Gasteiger partial charge on any atom is -0.442 e. The lowest BCUT2D eigenvalue weighted by atomic mass is 10.2. The number of hydrogen-bond donors (Lipinski definition) is 3. The number of carbonyl (C=O) groups excluding carboxylic acids is 2. The SMILES string of the molecule is O=C(NC[C@H]1CN(c2cc(F)c(N3CCNNCC3)c(F)c2)C(=O)O1)C(F)F. The van der Waals surface area contributed by atoms with Crippen molar-refractivity contribution >= 4 is 23.4 Å². The number of cyclic esters (lactones) is 1. The van der Waals surface area contributed by atoms with Crippen LogP contribution in [-0.2, 0) is 9.53 Å². The summed E-state index contributed by atoms with van der Waals surface area (Å²) in [5.41, 5.74) is 5.54. The fourth-order valence-electron chi connectivity index (χ4n) is 3.03. The average molecular weight is 405 g/mol. The largest absolute Gasteiger partial charge is 0.442 e. The fraction of sp³-hybridized carbons (Fsp3) is 0.500. The molecule has 0 spiro atoms. The van der Waals surface area contributed by atoms with Crippen LogP contribution in [0.1, 0.15) is 0 Å². The Labute approximate surface area is 157 Å². The number of ether oxygens (including phenoxy) is 1. The molecule has 3 rings (SSSR count). The monoisotopic (exact) mass is 405 g/mol. The van der Waals surface area contributed by atoms with Crippen molar-refractivity contribution < 1.29 is 31.9 Å². The van der Waals surface area contributed by atoms with Gasteiger partial charge in [-0.3, -0.25) is 20.5 Å². The van der Waals surface area contributed by atoms with Crippen molar-refractivity contribution in [2.24, 2.45) is 0 Å². The van der Waals surface area contributed by atoms with Gasteiger partial charge >= 0.3 is 12.5 Å². The number of alkyl halides is 2. The summed E-state index contributed by atoms with van der Waals surface area (Å²) in [5.74, 6) is -3.16. The number of anilines is 2. The number of rotatable bonds is 5. The molecule has 2 heterocycles. The Kier molecular flexibility index (Phi) is 6.19. The first-order chi connectivity index (χ1) is 13.4. The Balaban J connectivity index is 1.71. The minimum absolute atomic E-state index is 0.0579. The molecule has 0 aromatic heterocycles. The Hall–Kier alpha value is -2.60. The van der Waals surface area contributed by atoms with Crippen LogP contribution in [0.15, 0.2) is 12.1 Å². The molecule has 2 amide bonds. The van der Waals surface area contributed by atoms with Gasteiger partial charge in [0.1, 0.15) is 11.8 Å². The highest BCUT2D eigenvalue weighted by molar-refractivity contribution is 5.90. The molecule has 2 aliphatic heterocycles. The number of nitrogens with one attached hydrogen (secondary N) is 3. The lowest BCUT2D eigenvalue weighted by Crippen LogP contribution is -2.37. The fourth-order valence-corrected chi connectivity index (χ4v) is 3.03. The van der Waals surface area contributed by atoms with Gasteiger partial charge in [0.25, 0.3) is 5.91 Å². The smallest absolute Gasteiger partial charge is 0.414 e. The minimum atomic E-state index is -3.19. The van der Waals surface area contributed by atoms with Gasteiger partial charge in [0, 0.05) is 38.3 Å². The van der Waals surface area contributed by atoms with E-state index in [-0.39, 0.29) is 24.5 Å². The second-order valence-electron chi connectivity index (χ2n) is 6.26. The predicted octanol–water partition coefficient (Wildman–Crippen LogP) is 0.585. The van der Waals surface area contributed by atoms with Gasteiger partial charge in [0.05, 0.1) is 18.8 Å². The van der Waals surface area contributed by atoms with E-state index in [0.29, 0.717) is 26.2 Å².